The van der Waals surface area contributed by atoms with Crippen LogP contribution in [0, 0.1) is 17.8 Å². The Kier molecular flexibility index (Phi) is 9.06. The number of hydrogen-bond acceptors (Lipinski definition) is 8. The Morgan fingerprint density at radius 1 is 1.12 bits per heavy atom. The molecule has 8 nitrogen and oxygen atoms in total. The quantitative estimate of drug-likeness (QED) is 0.306. The van der Waals surface area contributed by atoms with Crippen LogP contribution in [0.25, 0.3) is 0 Å². The van der Waals surface area contributed by atoms with E-state index in [1.54, 1.807) is 19.1 Å². The first-order valence-electron chi connectivity index (χ1n) is 15.5. The fourth-order valence-corrected chi connectivity index (χ4v) is 7.43. The zero-order valence-electron chi connectivity index (χ0n) is 25.8. The summed E-state index contributed by atoms with van der Waals surface area (Å²) in [4.78, 5) is 14.0. The molecule has 0 aromatic carbocycles. The molecule has 42 heavy (non-hydrogen) atoms. The van der Waals surface area contributed by atoms with Crippen molar-refractivity contribution in [1.82, 2.24) is 0 Å². The molecule has 8 heteroatoms. The van der Waals surface area contributed by atoms with Gasteiger partial charge in [-0.2, -0.15) is 0 Å². The van der Waals surface area contributed by atoms with Crippen molar-refractivity contribution < 1.29 is 39.1 Å². The van der Waals surface area contributed by atoms with Gasteiger partial charge in [0.05, 0.1) is 18.8 Å². The third-order valence-corrected chi connectivity index (χ3v) is 9.92. The highest BCUT2D eigenvalue weighted by molar-refractivity contribution is 5.78. The number of aliphatic hydroxyl groups is 3. The van der Waals surface area contributed by atoms with E-state index in [1.165, 1.54) is 5.57 Å². The summed E-state index contributed by atoms with van der Waals surface area (Å²) in [6.45, 7) is 12.1. The number of ether oxygens (including phenoxy) is 4. The zero-order chi connectivity index (χ0) is 30.4. The van der Waals surface area contributed by atoms with Crippen LogP contribution in [0.4, 0.5) is 0 Å². The number of rotatable bonds is 1. The predicted molar refractivity (Wildman–Crippen MR) is 158 cm³/mol. The molecule has 0 radical (unpaired) electrons. The maximum absolute atomic E-state index is 14.0. The van der Waals surface area contributed by atoms with Gasteiger partial charge >= 0.3 is 5.97 Å². The standard InChI is InChI=1S/C34H48O8/c1-7-21(4)30-23(6)15-28(35)33(42-30)17-26-16-25(41-33)12-11-20(3)13-19(2)9-8-10-24-18-39-31-29(36)22(5)14-27(32(37)40-26)34(24,31)38/h7-11,14,19,23,25-31,35-36,38H,12-13,15-18H2,1-6H3/b9-8?,20-11?,21-7+,24-10?/t19-,23-,25+,26-,27-,28+,29+,30+,31+,33-,34+/m0/s1. The first-order valence-corrected chi connectivity index (χ1v) is 15.5. The highest BCUT2D eigenvalue weighted by atomic mass is 16.7. The van der Waals surface area contributed by atoms with Crippen molar-refractivity contribution >= 4 is 5.97 Å². The van der Waals surface area contributed by atoms with Gasteiger partial charge in [-0.3, -0.25) is 4.79 Å². The van der Waals surface area contributed by atoms with Crippen molar-refractivity contribution in [3.63, 3.8) is 0 Å². The van der Waals surface area contributed by atoms with Crippen molar-refractivity contribution in [2.75, 3.05) is 6.61 Å². The fourth-order valence-electron chi connectivity index (χ4n) is 7.43. The Balaban J connectivity index is 1.54. The molecule has 2 bridgehead atoms. The first-order chi connectivity index (χ1) is 19.9. The summed E-state index contributed by atoms with van der Waals surface area (Å²) in [5.74, 6) is -2.65. The number of carbonyl (C=O) groups excluding carboxylic acids is 1. The summed E-state index contributed by atoms with van der Waals surface area (Å²) in [7, 11) is 0. The van der Waals surface area contributed by atoms with Gasteiger partial charge in [0.2, 0.25) is 0 Å². The highest BCUT2D eigenvalue weighted by Gasteiger charge is 2.60. The Morgan fingerprint density at radius 2 is 1.88 bits per heavy atom. The topological polar surface area (TPSA) is 115 Å². The second-order valence-corrected chi connectivity index (χ2v) is 13.3. The lowest BCUT2D eigenvalue weighted by Crippen LogP contribution is -2.62. The average Bonchev–Trinajstić information content (AvgIpc) is 3.27. The molecule has 0 amide bonds. The number of fused-ring (bicyclic) bond motifs is 2. The van der Waals surface area contributed by atoms with E-state index in [0.717, 1.165) is 12.0 Å². The van der Waals surface area contributed by atoms with Gasteiger partial charge in [-0.05, 0) is 75.5 Å². The third-order valence-electron chi connectivity index (χ3n) is 9.92. The van der Waals surface area contributed by atoms with Gasteiger partial charge in [0.25, 0.3) is 0 Å². The summed E-state index contributed by atoms with van der Waals surface area (Å²) < 4.78 is 25.3. The summed E-state index contributed by atoms with van der Waals surface area (Å²) in [6.07, 6.45) is 10.0. The molecule has 0 aromatic rings. The maximum atomic E-state index is 14.0. The van der Waals surface area contributed by atoms with E-state index >= 15 is 0 Å². The Bertz CT molecular complexity index is 1200. The van der Waals surface area contributed by atoms with Crippen LogP contribution in [-0.2, 0) is 23.7 Å². The molecule has 4 heterocycles. The first kappa shape index (κ1) is 31.4. The van der Waals surface area contributed by atoms with Gasteiger partial charge in [0.1, 0.15) is 35.9 Å². The minimum absolute atomic E-state index is 0.0922. The zero-order valence-corrected chi connectivity index (χ0v) is 25.8. The van der Waals surface area contributed by atoms with Crippen LogP contribution in [0.2, 0.25) is 0 Å². The van der Waals surface area contributed by atoms with Crippen molar-refractivity contribution in [3.05, 3.63) is 58.7 Å². The second-order valence-electron chi connectivity index (χ2n) is 13.3. The normalized spacial score (nSPS) is 45.1. The molecule has 0 unspecified atom stereocenters. The van der Waals surface area contributed by atoms with Crippen molar-refractivity contribution in [2.24, 2.45) is 17.8 Å². The van der Waals surface area contributed by atoms with Crippen LogP contribution in [-0.4, -0.2) is 75.9 Å². The number of carbonyl (C=O) groups is 1. The van der Waals surface area contributed by atoms with Crippen LogP contribution in [0.1, 0.15) is 73.6 Å². The van der Waals surface area contributed by atoms with Gasteiger partial charge in [0, 0.05) is 12.8 Å². The largest absolute Gasteiger partial charge is 0.462 e. The summed E-state index contributed by atoms with van der Waals surface area (Å²) >= 11 is 0. The summed E-state index contributed by atoms with van der Waals surface area (Å²) in [6, 6.07) is 0. The van der Waals surface area contributed by atoms with Gasteiger partial charge in [-0.1, -0.05) is 55.9 Å². The van der Waals surface area contributed by atoms with Crippen LogP contribution >= 0.6 is 0 Å². The van der Waals surface area contributed by atoms with E-state index in [4.69, 9.17) is 18.9 Å². The van der Waals surface area contributed by atoms with E-state index in [2.05, 4.69) is 32.9 Å². The molecule has 5 aliphatic rings. The molecule has 0 aromatic heterocycles. The molecule has 1 spiro atoms. The highest BCUT2D eigenvalue weighted by Crippen LogP contribution is 2.47. The molecule has 5 rings (SSSR count). The average molecular weight is 585 g/mol. The lowest BCUT2D eigenvalue weighted by atomic mass is 9.71. The molecular formula is C34H48O8. The molecule has 3 N–H and O–H groups in total. The van der Waals surface area contributed by atoms with E-state index in [9.17, 15) is 20.1 Å². The predicted octanol–water partition coefficient (Wildman–Crippen LogP) is 4.45. The van der Waals surface area contributed by atoms with Crippen molar-refractivity contribution in [2.45, 2.75) is 122 Å². The molecule has 11 atom stereocenters. The number of hydrogen-bond donors (Lipinski definition) is 3. The molecule has 4 aliphatic heterocycles. The fraction of sp³-hybridized carbons (Fsp3) is 0.676. The van der Waals surface area contributed by atoms with Crippen LogP contribution in [0.3, 0.4) is 0 Å². The van der Waals surface area contributed by atoms with Gasteiger partial charge in [-0.25, -0.2) is 0 Å². The Labute approximate surface area is 249 Å². The number of allylic oxidation sites excluding steroid dienone is 5. The minimum Gasteiger partial charge on any atom is -0.462 e. The SMILES string of the molecule is C/C=C(\C)[C@H]1O[C@@]2(C[C@@H]3C[C@@H](CC=C(C)C[C@@H](C)C=CC=C4CO[C@@H]5[C@H](O)C(C)=C[C@@H](C(=O)O3)[C@]45O)O2)[C@H](O)C[C@@H]1C. The van der Waals surface area contributed by atoms with Gasteiger partial charge < -0.3 is 34.3 Å². The smallest absolute Gasteiger partial charge is 0.316 e. The van der Waals surface area contributed by atoms with E-state index in [1.807, 2.05) is 26.0 Å². The molecule has 3 fully saturated rings. The maximum Gasteiger partial charge on any atom is 0.316 e. The Hall–Kier alpha value is -2.07. The lowest BCUT2D eigenvalue weighted by Gasteiger charge is -2.52. The van der Waals surface area contributed by atoms with Gasteiger partial charge in [0.15, 0.2) is 5.79 Å². The van der Waals surface area contributed by atoms with Crippen molar-refractivity contribution in [3.8, 4) is 0 Å². The number of esters is 1. The second kappa shape index (κ2) is 12.1. The molecular weight excluding hydrogens is 536 g/mol. The molecule has 0 saturated carbocycles. The minimum atomic E-state index is -1.75. The molecule has 232 valence electrons. The number of aliphatic hydroxyl groups excluding tert-OH is 2. The molecule has 1 aliphatic carbocycles. The monoisotopic (exact) mass is 584 g/mol. The third kappa shape index (κ3) is 5.74. The van der Waals surface area contributed by atoms with Crippen molar-refractivity contribution in [1.29, 1.82) is 0 Å². The summed E-state index contributed by atoms with van der Waals surface area (Å²) in [5, 5.41) is 34.4. The lowest BCUT2D eigenvalue weighted by molar-refractivity contribution is -0.363. The Morgan fingerprint density at radius 3 is 2.62 bits per heavy atom. The van der Waals surface area contributed by atoms with E-state index in [-0.39, 0.29) is 37.1 Å². The summed E-state index contributed by atoms with van der Waals surface area (Å²) in [5.41, 5.74) is 1.62. The van der Waals surface area contributed by atoms with E-state index < -0.39 is 47.7 Å². The van der Waals surface area contributed by atoms with Crippen LogP contribution in [0.5, 0.6) is 0 Å². The van der Waals surface area contributed by atoms with Gasteiger partial charge in [-0.15, -0.1) is 0 Å². The molecule has 3 saturated heterocycles. The van der Waals surface area contributed by atoms with Crippen LogP contribution in [0.15, 0.2) is 58.7 Å². The van der Waals surface area contributed by atoms with Crippen LogP contribution < -0.4 is 0 Å². The van der Waals surface area contributed by atoms with E-state index in [0.29, 0.717) is 30.4 Å².